The molecule has 152 valence electrons. The van der Waals surface area contributed by atoms with Gasteiger partial charge >= 0.3 is 0 Å². The fraction of sp³-hybridized carbons (Fsp3) is 0.364. The maximum Gasteiger partial charge on any atom is 0.229 e. The molecule has 29 heavy (non-hydrogen) atoms. The van der Waals surface area contributed by atoms with E-state index in [9.17, 15) is 4.79 Å². The Bertz CT molecular complexity index is 965. The first-order valence-corrected chi connectivity index (χ1v) is 10.7. The highest BCUT2D eigenvalue weighted by atomic mass is 32.1. The van der Waals surface area contributed by atoms with Crippen LogP contribution in [-0.2, 0) is 16.1 Å². The van der Waals surface area contributed by atoms with Gasteiger partial charge in [-0.2, -0.15) is 0 Å². The number of amides is 1. The third kappa shape index (κ3) is 5.53. The molecule has 0 bridgehead atoms. The van der Waals surface area contributed by atoms with Crippen LogP contribution in [0, 0.1) is 6.92 Å². The van der Waals surface area contributed by atoms with Crippen molar-refractivity contribution in [1.29, 1.82) is 0 Å². The SMILES string of the molecule is Cc1ccc(OCCC(=O)Nc2nc3ccc(CN4CCOCC4)cc3s2)cc1. The average molecular weight is 412 g/mol. The van der Waals surface area contributed by atoms with Crippen molar-refractivity contribution >= 4 is 32.6 Å². The molecule has 0 saturated carbocycles. The molecule has 1 fully saturated rings. The molecule has 3 aromatic rings. The van der Waals surface area contributed by atoms with Gasteiger partial charge in [0.15, 0.2) is 5.13 Å². The van der Waals surface area contributed by atoms with Gasteiger partial charge in [0.2, 0.25) is 5.91 Å². The first-order chi connectivity index (χ1) is 14.2. The summed E-state index contributed by atoms with van der Waals surface area (Å²) in [6, 6.07) is 14.1. The number of hydrogen-bond donors (Lipinski definition) is 1. The summed E-state index contributed by atoms with van der Waals surface area (Å²) in [5.74, 6) is 0.681. The van der Waals surface area contributed by atoms with E-state index in [0.29, 0.717) is 11.7 Å². The normalized spacial score (nSPS) is 14.8. The molecule has 2 aromatic carbocycles. The third-order valence-electron chi connectivity index (χ3n) is 4.83. The highest BCUT2D eigenvalue weighted by molar-refractivity contribution is 7.22. The molecule has 0 spiro atoms. The van der Waals surface area contributed by atoms with Crippen LogP contribution in [0.2, 0.25) is 0 Å². The van der Waals surface area contributed by atoms with Gasteiger partial charge in [-0.25, -0.2) is 4.98 Å². The average Bonchev–Trinajstić information content (AvgIpc) is 3.11. The number of rotatable bonds is 7. The summed E-state index contributed by atoms with van der Waals surface area (Å²) in [5.41, 5.74) is 3.35. The van der Waals surface area contributed by atoms with Crippen LogP contribution in [0.3, 0.4) is 0 Å². The predicted molar refractivity (Wildman–Crippen MR) is 116 cm³/mol. The number of nitrogens with one attached hydrogen (secondary N) is 1. The van der Waals surface area contributed by atoms with Gasteiger partial charge in [-0.3, -0.25) is 9.69 Å². The summed E-state index contributed by atoms with van der Waals surface area (Å²) in [6.07, 6.45) is 0.284. The number of aryl methyl sites for hydroxylation is 1. The van der Waals surface area contributed by atoms with Crippen LogP contribution >= 0.6 is 11.3 Å². The van der Waals surface area contributed by atoms with Crippen molar-refractivity contribution < 1.29 is 14.3 Å². The highest BCUT2D eigenvalue weighted by Crippen LogP contribution is 2.27. The number of carbonyl (C=O) groups excluding carboxylic acids is 1. The summed E-state index contributed by atoms with van der Waals surface area (Å²) in [7, 11) is 0. The molecule has 1 aliphatic heterocycles. The smallest absolute Gasteiger partial charge is 0.229 e. The Morgan fingerprint density at radius 1 is 1.21 bits per heavy atom. The topological polar surface area (TPSA) is 63.7 Å². The largest absolute Gasteiger partial charge is 0.493 e. The number of fused-ring (bicyclic) bond motifs is 1. The number of benzene rings is 2. The molecule has 0 aliphatic carbocycles. The van der Waals surface area contributed by atoms with E-state index in [1.807, 2.05) is 37.3 Å². The van der Waals surface area contributed by atoms with E-state index in [-0.39, 0.29) is 12.3 Å². The maximum atomic E-state index is 12.2. The van der Waals surface area contributed by atoms with Crippen molar-refractivity contribution in [3.63, 3.8) is 0 Å². The second kappa shape index (κ2) is 9.35. The van der Waals surface area contributed by atoms with Crippen molar-refractivity contribution in [3.8, 4) is 5.75 Å². The van der Waals surface area contributed by atoms with Gasteiger partial charge in [-0.15, -0.1) is 0 Å². The van der Waals surface area contributed by atoms with Gasteiger partial charge in [-0.1, -0.05) is 35.1 Å². The Morgan fingerprint density at radius 2 is 2.00 bits per heavy atom. The first kappa shape index (κ1) is 19.8. The Morgan fingerprint density at radius 3 is 2.79 bits per heavy atom. The number of carbonyl (C=O) groups is 1. The third-order valence-corrected chi connectivity index (χ3v) is 5.76. The Hall–Kier alpha value is -2.48. The summed E-state index contributed by atoms with van der Waals surface area (Å²) < 4.78 is 12.1. The minimum Gasteiger partial charge on any atom is -0.493 e. The summed E-state index contributed by atoms with van der Waals surface area (Å²) in [6.45, 7) is 6.80. The minimum atomic E-state index is -0.0929. The molecule has 1 aromatic heterocycles. The lowest BCUT2D eigenvalue weighted by Gasteiger charge is -2.26. The second-order valence-corrected chi connectivity index (χ2v) is 8.20. The van der Waals surface area contributed by atoms with Gasteiger partial charge in [0.1, 0.15) is 5.75 Å². The van der Waals surface area contributed by atoms with Crippen LogP contribution in [0.4, 0.5) is 5.13 Å². The van der Waals surface area contributed by atoms with Crippen LogP contribution < -0.4 is 10.1 Å². The molecule has 0 unspecified atom stereocenters. The lowest BCUT2D eigenvalue weighted by atomic mass is 10.2. The molecular weight excluding hydrogens is 386 g/mol. The summed E-state index contributed by atoms with van der Waals surface area (Å²) in [4.78, 5) is 19.1. The van der Waals surface area contributed by atoms with Crippen LogP contribution in [0.25, 0.3) is 10.2 Å². The summed E-state index contributed by atoms with van der Waals surface area (Å²) in [5, 5.41) is 3.52. The van der Waals surface area contributed by atoms with Gasteiger partial charge < -0.3 is 14.8 Å². The molecule has 1 amide bonds. The number of ether oxygens (including phenoxy) is 2. The molecule has 1 saturated heterocycles. The zero-order valence-electron chi connectivity index (χ0n) is 16.5. The lowest BCUT2D eigenvalue weighted by molar-refractivity contribution is -0.116. The minimum absolute atomic E-state index is 0.0929. The van der Waals surface area contributed by atoms with Crippen molar-refractivity contribution in [1.82, 2.24) is 9.88 Å². The molecule has 0 atom stereocenters. The van der Waals surface area contributed by atoms with Gasteiger partial charge in [-0.05, 0) is 36.8 Å². The molecule has 7 heteroatoms. The fourth-order valence-electron chi connectivity index (χ4n) is 3.22. The van der Waals surface area contributed by atoms with Gasteiger partial charge in [0.05, 0.1) is 36.5 Å². The number of anilines is 1. The highest BCUT2D eigenvalue weighted by Gasteiger charge is 2.13. The maximum absolute atomic E-state index is 12.2. The van der Waals surface area contributed by atoms with Crippen LogP contribution in [0.15, 0.2) is 42.5 Å². The van der Waals surface area contributed by atoms with Gasteiger partial charge in [0.25, 0.3) is 0 Å². The van der Waals surface area contributed by atoms with Crippen molar-refractivity contribution in [3.05, 3.63) is 53.6 Å². The Kier molecular flexibility index (Phi) is 6.39. The van der Waals surface area contributed by atoms with Crippen LogP contribution in [0.5, 0.6) is 5.75 Å². The van der Waals surface area contributed by atoms with Crippen LogP contribution in [0.1, 0.15) is 17.5 Å². The van der Waals surface area contributed by atoms with E-state index in [0.717, 1.165) is 48.8 Å². The van der Waals surface area contributed by atoms with E-state index < -0.39 is 0 Å². The van der Waals surface area contributed by atoms with E-state index >= 15 is 0 Å². The molecule has 6 nitrogen and oxygen atoms in total. The fourth-order valence-corrected chi connectivity index (χ4v) is 4.16. The predicted octanol–water partition coefficient (Wildman–Crippen LogP) is 3.84. The quantitative estimate of drug-likeness (QED) is 0.640. The Balaban J connectivity index is 1.30. The standard InChI is InChI=1S/C22H25N3O3S/c1-16-2-5-18(6-3-16)28-11-8-21(26)24-22-23-19-7-4-17(14-20(19)29-22)15-25-9-12-27-13-10-25/h2-7,14H,8-13,15H2,1H3,(H,23,24,26). The zero-order valence-corrected chi connectivity index (χ0v) is 17.3. The first-order valence-electron chi connectivity index (χ1n) is 9.84. The van der Waals surface area contributed by atoms with Crippen LogP contribution in [-0.4, -0.2) is 48.7 Å². The lowest BCUT2D eigenvalue weighted by Crippen LogP contribution is -2.35. The number of hydrogen-bond acceptors (Lipinski definition) is 6. The van der Waals surface area contributed by atoms with Crippen molar-refractivity contribution in [2.75, 3.05) is 38.2 Å². The monoisotopic (exact) mass is 411 g/mol. The second-order valence-electron chi connectivity index (χ2n) is 7.17. The van der Waals surface area contributed by atoms with Crippen molar-refractivity contribution in [2.24, 2.45) is 0 Å². The zero-order chi connectivity index (χ0) is 20.1. The number of aromatic nitrogens is 1. The van der Waals surface area contributed by atoms with E-state index in [1.165, 1.54) is 22.5 Å². The molecule has 1 N–H and O–H groups in total. The molecule has 2 heterocycles. The number of nitrogens with zero attached hydrogens (tertiary/aromatic N) is 2. The molecular formula is C22H25N3O3S. The molecule has 4 rings (SSSR count). The van der Waals surface area contributed by atoms with E-state index in [2.05, 4.69) is 27.3 Å². The summed E-state index contributed by atoms with van der Waals surface area (Å²) >= 11 is 1.51. The number of morpholine rings is 1. The van der Waals surface area contributed by atoms with Crippen molar-refractivity contribution in [2.45, 2.75) is 19.9 Å². The van der Waals surface area contributed by atoms with Gasteiger partial charge in [0, 0.05) is 19.6 Å². The Labute approximate surface area is 174 Å². The van der Waals surface area contributed by atoms with E-state index in [1.54, 1.807) is 0 Å². The molecule has 0 radical (unpaired) electrons. The van der Waals surface area contributed by atoms with E-state index in [4.69, 9.17) is 9.47 Å². The molecule has 1 aliphatic rings. The number of thiazole rings is 1.